The Morgan fingerprint density at radius 2 is 1.40 bits per heavy atom. The topological polar surface area (TPSA) is 58.2 Å². The highest BCUT2D eigenvalue weighted by Gasteiger charge is 2.16. The first-order valence-electron chi connectivity index (χ1n) is 10.5. The standard InChI is InChI=1S/C26H28N2O2/c1-2-3-19-27-25(29)23-15-9-10-16-24(23)28-26(30)22-14-8-7-13-21(22)18-17-20-11-5-4-6-12-20/h4-16H,2-3,17-19H2,1H3,(H,27,29)(H,28,30). The van der Waals surface area contributed by atoms with Gasteiger partial charge in [0, 0.05) is 12.1 Å². The third-order valence-corrected chi connectivity index (χ3v) is 5.02. The molecule has 0 spiro atoms. The molecule has 0 saturated heterocycles. The molecular weight excluding hydrogens is 372 g/mol. The predicted molar refractivity (Wildman–Crippen MR) is 122 cm³/mol. The quantitative estimate of drug-likeness (QED) is 0.482. The molecule has 0 heterocycles. The molecule has 2 N–H and O–H groups in total. The first-order valence-corrected chi connectivity index (χ1v) is 10.5. The van der Waals surface area contributed by atoms with Crippen molar-refractivity contribution in [2.24, 2.45) is 0 Å². The molecule has 2 amide bonds. The van der Waals surface area contributed by atoms with Crippen LogP contribution in [0.25, 0.3) is 0 Å². The van der Waals surface area contributed by atoms with Gasteiger partial charge in [-0.2, -0.15) is 0 Å². The van der Waals surface area contributed by atoms with Crippen LogP contribution in [0.1, 0.15) is 51.6 Å². The van der Waals surface area contributed by atoms with Crippen molar-refractivity contribution in [2.75, 3.05) is 11.9 Å². The van der Waals surface area contributed by atoms with Crippen LogP contribution < -0.4 is 10.6 Å². The molecule has 0 atom stereocenters. The number of amides is 2. The van der Waals surface area contributed by atoms with E-state index in [0.717, 1.165) is 31.2 Å². The van der Waals surface area contributed by atoms with Crippen molar-refractivity contribution in [3.63, 3.8) is 0 Å². The fourth-order valence-corrected chi connectivity index (χ4v) is 3.34. The number of rotatable bonds is 9. The summed E-state index contributed by atoms with van der Waals surface area (Å²) >= 11 is 0. The summed E-state index contributed by atoms with van der Waals surface area (Å²) in [6.45, 7) is 2.70. The van der Waals surface area contributed by atoms with E-state index in [9.17, 15) is 9.59 Å². The molecule has 0 radical (unpaired) electrons. The molecule has 0 aliphatic rings. The Morgan fingerprint density at radius 3 is 2.17 bits per heavy atom. The minimum atomic E-state index is -0.201. The third kappa shape index (κ3) is 5.80. The minimum absolute atomic E-state index is 0.170. The minimum Gasteiger partial charge on any atom is -0.352 e. The summed E-state index contributed by atoms with van der Waals surface area (Å²) < 4.78 is 0. The zero-order valence-corrected chi connectivity index (χ0v) is 17.4. The molecule has 30 heavy (non-hydrogen) atoms. The predicted octanol–water partition coefficient (Wildman–Crippen LogP) is 5.25. The number of benzene rings is 3. The van der Waals surface area contributed by atoms with Gasteiger partial charge >= 0.3 is 0 Å². The third-order valence-electron chi connectivity index (χ3n) is 5.02. The fourth-order valence-electron chi connectivity index (χ4n) is 3.34. The number of unbranched alkanes of at least 4 members (excludes halogenated alkanes) is 1. The van der Waals surface area contributed by atoms with Gasteiger partial charge in [-0.1, -0.05) is 74.0 Å². The molecule has 154 valence electrons. The average molecular weight is 401 g/mol. The van der Waals surface area contributed by atoms with Crippen LogP contribution in [0.15, 0.2) is 78.9 Å². The van der Waals surface area contributed by atoms with E-state index < -0.39 is 0 Å². The lowest BCUT2D eigenvalue weighted by molar-refractivity contribution is 0.0954. The van der Waals surface area contributed by atoms with Crippen LogP contribution in [0.5, 0.6) is 0 Å². The lowest BCUT2D eigenvalue weighted by atomic mass is 9.99. The molecule has 0 unspecified atom stereocenters. The van der Waals surface area contributed by atoms with Gasteiger partial charge in [-0.3, -0.25) is 9.59 Å². The highest BCUT2D eigenvalue weighted by Crippen LogP contribution is 2.19. The SMILES string of the molecule is CCCCNC(=O)c1ccccc1NC(=O)c1ccccc1CCc1ccccc1. The second-order valence-corrected chi connectivity index (χ2v) is 7.25. The van der Waals surface area contributed by atoms with Crippen LogP contribution in [-0.2, 0) is 12.8 Å². The van der Waals surface area contributed by atoms with Gasteiger partial charge in [-0.05, 0) is 48.6 Å². The van der Waals surface area contributed by atoms with E-state index in [2.05, 4.69) is 29.7 Å². The Kier molecular flexibility index (Phi) is 7.78. The van der Waals surface area contributed by atoms with Gasteiger partial charge in [0.25, 0.3) is 11.8 Å². The first-order chi connectivity index (χ1) is 14.7. The van der Waals surface area contributed by atoms with Crippen molar-refractivity contribution in [1.82, 2.24) is 5.32 Å². The molecule has 3 aromatic rings. The van der Waals surface area contributed by atoms with Crippen LogP contribution in [0.2, 0.25) is 0 Å². The summed E-state index contributed by atoms with van der Waals surface area (Å²) in [4.78, 5) is 25.6. The van der Waals surface area contributed by atoms with E-state index in [4.69, 9.17) is 0 Å². The monoisotopic (exact) mass is 400 g/mol. The number of aryl methyl sites for hydroxylation is 2. The van der Waals surface area contributed by atoms with Crippen LogP contribution in [0.3, 0.4) is 0 Å². The zero-order chi connectivity index (χ0) is 21.2. The van der Waals surface area contributed by atoms with Crippen LogP contribution in [0.4, 0.5) is 5.69 Å². The van der Waals surface area contributed by atoms with Crippen LogP contribution in [0, 0.1) is 0 Å². The van der Waals surface area contributed by atoms with Crippen molar-refractivity contribution in [2.45, 2.75) is 32.6 Å². The maximum absolute atomic E-state index is 13.0. The normalized spacial score (nSPS) is 10.4. The Morgan fingerprint density at radius 1 is 0.733 bits per heavy atom. The summed E-state index contributed by atoms with van der Waals surface area (Å²) in [6.07, 6.45) is 3.57. The summed E-state index contributed by atoms with van der Waals surface area (Å²) in [7, 11) is 0. The molecule has 0 saturated carbocycles. The lowest BCUT2D eigenvalue weighted by Gasteiger charge is -2.13. The van der Waals surface area contributed by atoms with E-state index in [1.165, 1.54) is 5.56 Å². The molecule has 0 bridgehead atoms. The van der Waals surface area contributed by atoms with Crippen molar-refractivity contribution in [1.29, 1.82) is 0 Å². The number of nitrogens with one attached hydrogen (secondary N) is 2. The van der Waals surface area contributed by atoms with E-state index in [-0.39, 0.29) is 11.8 Å². The number of carbonyl (C=O) groups excluding carboxylic acids is 2. The maximum Gasteiger partial charge on any atom is 0.255 e. The van der Waals surface area contributed by atoms with Gasteiger partial charge in [0.2, 0.25) is 0 Å². The lowest BCUT2D eigenvalue weighted by Crippen LogP contribution is -2.26. The molecule has 4 heteroatoms. The fraction of sp³-hybridized carbons (Fsp3) is 0.231. The number of hydrogen-bond acceptors (Lipinski definition) is 2. The first kappa shape index (κ1) is 21.3. The van der Waals surface area contributed by atoms with Gasteiger partial charge < -0.3 is 10.6 Å². The molecule has 3 rings (SSSR count). The van der Waals surface area contributed by atoms with Crippen LogP contribution >= 0.6 is 0 Å². The molecule has 0 aliphatic carbocycles. The highest BCUT2D eigenvalue weighted by atomic mass is 16.2. The maximum atomic E-state index is 13.0. The number of anilines is 1. The summed E-state index contributed by atoms with van der Waals surface area (Å²) in [6, 6.07) is 25.0. The number of hydrogen-bond donors (Lipinski definition) is 2. The smallest absolute Gasteiger partial charge is 0.255 e. The second kappa shape index (κ2) is 11.0. The number of para-hydroxylation sites is 1. The molecule has 0 fully saturated rings. The molecular formula is C26H28N2O2. The van der Waals surface area contributed by atoms with E-state index in [0.29, 0.717) is 23.4 Å². The number of carbonyl (C=O) groups is 2. The molecule has 0 aliphatic heterocycles. The van der Waals surface area contributed by atoms with Gasteiger partial charge in [-0.25, -0.2) is 0 Å². The molecule has 4 nitrogen and oxygen atoms in total. The molecule has 3 aromatic carbocycles. The Labute approximate surface area is 178 Å². The van der Waals surface area contributed by atoms with Gasteiger partial charge in [-0.15, -0.1) is 0 Å². The summed E-state index contributed by atoms with van der Waals surface area (Å²) in [5.74, 6) is -0.371. The van der Waals surface area contributed by atoms with Gasteiger partial charge in [0.05, 0.1) is 11.3 Å². The van der Waals surface area contributed by atoms with Gasteiger partial charge in [0.1, 0.15) is 0 Å². The van der Waals surface area contributed by atoms with E-state index in [1.807, 2.05) is 48.5 Å². The summed E-state index contributed by atoms with van der Waals surface area (Å²) in [5.41, 5.74) is 3.86. The van der Waals surface area contributed by atoms with E-state index >= 15 is 0 Å². The van der Waals surface area contributed by atoms with Crippen LogP contribution in [-0.4, -0.2) is 18.4 Å². The van der Waals surface area contributed by atoms with Crippen molar-refractivity contribution in [3.8, 4) is 0 Å². The largest absolute Gasteiger partial charge is 0.352 e. The summed E-state index contributed by atoms with van der Waals surface area (Å²) in [5, 5.41) is 5.85. The highest BCUT2D eigenvalue weighted by molar-refractivity contribution is 6.09. The van der Waals surface area contributed by atoms with Gasteiger partial charge in [0.15, 0.2) is 0 Å². The van der Waals surface area contributed by atoms with Crippen molar-refractivity contribution >= 4 is 17.5 Å². The van der Waals surface area contributed by atoms with Crippen molar-refractivity contribution < 1.29 is 9.59 Å². The average Bonchev–Trinajstić information content (AvgIpc) is 2.79. The Balaban J connectivity index is 1.73. The Bertz CT molecular complexity index is 983. The van der Waals surface area contributed by atoms with E-state index in [1.54, 1.807) is 18.2 Å². The molecule has 0 aromatic heterocycles. The zero-order valence-electron chi connectivity index (χ0n) is 17.4. The second-order valence-electron chi connectivity index (χ2n) is 7.25. The van der Waals surface area contributed by atoms with Crippen molar-refractivity contribution in [3.05, 3.63) is 101 Å². The Hall–Kier alpha value is -3.40.